The highest BCUT2D eigenvalue weighted by molar-refractivity contribution is 7.46. The third-order valence-electron chi connectivity index (χ3n) is 11.1. The number of carbonyl (C=O) groups is 8. The third-order valence-corrected chi connectivity index (χ3v) is 11.7. The molecule has 0 aromatic heterocycles. The molecule has 21 nitrogen and oxygen atoms in total. The highest BCUT2D eigenvalue weighted by Gasteiger charge is 2.42. The molecule has 350 valence electrons. The third kappa shape index (κ3) is 14.0. The van der Waals surface area contributed by atoms with E-state index in [1.807, 2.05) is 36.4 Å². The minimum atomic E-state index is -5.25. The predicted molar refractivity (Wildman–Crippen MR) is 233 cm³/mol. The molecule has 0 aliphatic carbocycles. The van der Waals surface area contributed by atoms with Gasteiger partial charge in [0.05, 0.1) is 12.6 Å². The first-order valence-electron chi connectivity index (χ1n) is 21.0. The van der Waals surface area contributed by atoms with Crippen LogP contribution in [0.15, 0.2) is 66.7 Å². The van der Waals surface area contributed by atoms with Crippen LogP contribution in [0.4, 0.5) is 0 Å². The van der Waals surface area contributed by atoms with Gasteiger partial charge >= 0.3 is 7.82 Å². The van der Waals surface area contributed by atoms with Crippen LogP contribution in [-0.2, 0) is 60.3 Å². The Kier molecular flexibility index (Phi) is 16.8. The molecule has 65 heavy (non-hydrogen) atoms. The molecular formula is C43H55N8O13P. The van der Waals surface area contributed by atoms with Crippen LogP contribution in [0, 0.1) is 0 Å². The minimum absolute atomic E-state index is 0.0329. The molecule has 2 saturated heterocycles. The van der Waals surface area contributed by atoms with Gasteiger partial charge < -0.3 is 57.0 Å². The zero-order chi connectivity index (χ0) is 47.6. The number of rotatable bonds is 10. The first-order valence-corrected chi connectivity index (χ1v) is 22.6. The maximum absolute atomic E-state index is 14.6. The summed E-state index contributed by atoms with van der Waals surface area (Å²) < 4.78 is 16.8. The van der Waals surface area contributed by atoms with Gasteiger partial charge in [-0.05, 0) is 73.6 Å². The minimum Gasteiger partial charge on any atom is -0.508 e. The number of fused-ring (bicyclic) bond motifs is 2. The highest BCUT2D eigenvalue weighted by atomic mass is 31.2. The molecule has 0 saturated carbocycles. The second kappa shape index (κ2) is 22.0. The number of piperidine rings is 1. The van der Waals surface area contributed by atoms with Gasteiger partial charge in [-0.15, -0.1) is 0 Å². The number of primary amides is 1. The van der Waals surface area contributed by atoms with Crippen molar-refractivity contribution < 1.29 is 62.3 Å². The van der Waals surface area contributed by atoms with Crippen molar-refractivity contribution in [3.63, 3.8) is 0 Å². The number of phenolic OH excluding ortho intramolecular Hbond substituents is 1. The van der Waals surface area contributed by atoms with Crippen molar-refractivity contribution >= 4 is 65.9 Å². The summed E-state index contributed by atoms with van der Waals surface area (Å²) in [5.41, 5.74) is 6.47. The number of nitrogens with two attached hydrogens (primary N) is 1. The van der Waals surface area contributed by atoms with Crippen molar-refractivity contribution in [1.29, 1.82) is 0 Å². The van der Waals surface area contributed by atoms with E-state index >= 15 is 0 Å². The average molecular weight is 923 g/mol. The Hall–Kier alpha value is -6.41. The first kappa shape index (κ1) is 49.6. The molecule has 3 aromatic rings. The number of aromatic hydroxyl groups is 1. The Morgan fingerprint density at radius 1 is 0.785 bits per heavy atom. The van der Waals surface area contributed by atoms with Gasteiger partial charge in [0.15, 0.2) is 0 Å². The number of benzene rings is 3. The van der Waals surface area contributed by atoms with Gasteiger partial charge in [-0.3, -0.25) is 42.9 Å². The van der Waals surface area contributed by atoms with E-state index in [0.717, 1.165) is 27.5 Å². The second-order valence-electron chi connectivity index (χ2n) is 16.3. The summed E-state index contributed by atoms with van der Waals surface area (Å²) >= 11 is 0. The van der Waals surface area contributed by atoms with Gasteiger partial charge in [0.25, 0.3) is 0 Å². The van der Waals surface area contributed by atoms with Crippen LogP contribution in [0.2, 0.25) is 0 Å². The molecule has 3 aromatic carbocycles. The van der Waals surface area contributed by atoms with E-state index in [-0.39, 0.29) is 44.4 Å². The number of phosphoric ester groups is 1. The Labute approximate surface area is 374 Å². The van der Waals surface area contributed by atoms with Crippen molar-refractivity contribution in [2.45, 2.75) is 101 Å². The van der Waals surface area contributed by atoms with Crippen LogP contribution in [0.1, 0.15) is 57.1 Å². The molecule has 0 radical (unpaired) electrons. The molecule has 22 heteroatoms. The van der Waals surface area contributed by atoms with Gasteiger partial charge in [-0.1, -0.05) is 54.6 Å². The van der Waals surface area contributed by atoms with E-state index in [2.05, 4.69) is 26.6 Å². The number of phosphoric acid groups is 1. The van der Waals surface area contributed by atoms with E-state index in [4.69, 9.17) is 10.3 Å². The van der Waals surface area contributed by atoms with E-state index in [1.54, 1.807) is 6.07 Å². The maximum Gasteiger partial charge on any atom is 0.469 e. The molecule has 8 amide bonds. The zero-order valence-electron chi connectivity index (χ0n) is 36.1. The van der Waals surface area contributed by atoms with Gasteiger partial charge in [0.1, 0.15) is 42.0 Å². The quantitative estimate of drug-likeness (QED) is 0.115. The monoisotopic (exact) mass is 922 g/mol. The Bertz CT molecular complexity index is 2330. The number of nitrogens with one attached hydrogen (secondary N) is 5. The molecule has 2 fully saturated rings. The van der Waals surface area contributed by atoms with Crippen LogP contribution in [0.5, 0.6) is 5.75 Å². The van der Waals surface area contributed by atoms with Crippen LogP contribution < -0.4 is 32.3 Å². The smallest absolute Gasteiger partial charge is 0.469 e. The average Bonchev–Trinajstić information content (AvgIpc) is 3.25. The maximum atomic E-state index is 14.6. The van der Waals surface area contributed by atoms with Crippen LogP contribution in [0.25, 0.3) is 10.8 Å². The number of likely N-dealkylation sites (N-methyl/N-ethyl adjacent to an activating group) is 1. The number of phenols is 1. The van der Waals surface area contributed by atoms with Crippen molar-refractivity contribution in [1.82, 2.24) is 36.4 Å². The summed E-state index contributed by atoms with van der Waals surface area (Å²) in [4.78, 5) is 132. The van der Waals surface area contributed by atoms with Crippen LogP contribution >= 0.6 is 7.82 Å². The normalized spacial score (nSPS) is 24.1. The molecular weight excluding hydrogens is 867 g/mol. The van der Waals surface area contributed by atoms with Crippen molar-refractivity contribution in [2.75, 3.05) is 20.1 Å². The van der Waals surface area contributed by atoms with E-state index in [0.29, 0.717) is 24.0 Å². The molecule has 0 spiro atoms. The Morgan fingerprint density at radius 2 is 1.37 bits per heavy atom. The topological polar surface area (TPSA) is 316 Å². The lowest BCUT2D eigenvalue weighted by Gasteiger charge is -2.38. The second-order valence-corrected chi connectivity index (χ2v) is 17.5. The summed E-state index contributed by atoms with van der Waals surface area (Å²) in [7, 11) is -4.04. The first-order chi connectivity index (χ1) is 30.7. The number of hydrogen-bond acceptors (Lipinski definition) is 11. The summed E-state index contributed by atoms with van der Waals surface area (Å²) in [6.45, 7) is 1.68. The van der Waals surface area contributed by atoms with E-state index < -0.39 is 104 Å². The molecule has 7 atom stereocenters. The molecule has 2 aliphatic heterocycles. The number of hydrogen-bond donors (Lipinski definition) is 9. The molecule has 5 rings (SSSR count). The number of amides is 8. The Morgan fingerprint density at radius 3 is 2.02 bits per heavy atom. The van der Waals surface area contributed by atoms with Gasteiger partial charge in [-0.25, -0.2) is 4.57 Å². The van der Waals surface area contributed by atoms with Crippen molar-refractivity contribution in [3.05, 3.63) is 77.9 Å². The number of carbonyl (C=O) groups excluding carboxylic acids is 8. The zero-order valence-corrected chi connectivity index (χ0v) is 37.0. The van der Waals surface area contributed by atoms with Gasteiger partial charge in [-0.2, -0.15) is 0 Å². The summed E-state index contributed by atoms with van der Waals surface area (Å²) in [5, 5.41) is 24.6. The molecule has 10 N–H and O–H groups in total. The lowest BCUT2D eigenvalue weighted by atomic mass is 9.97. The fourth-order valence-electron chi connectivity index (χ4n) is 7.78. The van der Waals surface area contributed by atoms with Crippen molar-refractivity contribution in [2.24, 2.45) is 5.73 Å². The molecule has 0 unspecified atom stereocenters. The fourth-order valence-corrected chi connectivity index (χ4v) is 8.33. The van der Waals surface area contributed by atoms with Gasteiger partial charge in [0, 0.05) is 32.9 Å². The largest absolute Gasteiger partial charge is 0.508 e. The molecule has 0 bridgehead atoms. The van der Waals surface area contributed by atoms with Gasteiger partial charge in [0.2, 0.25) is 47.3 Å². The summed E-state index contributed by atoms with van der Waals surface area (Å²) in [6.07, 6.45) is -1.74. The number of nitrogens with zero attached hydrogens (tertiary/aromatic N) is 2. The fraction of sp³-hybridized carbons (Fsp3) is 0.442. The lowest BCUT2D eigenvalue weighted by molar-refractivity contribution is -0.148. The van der Waals surface area contributed by atoms with Crippen LogP contribution in [0.3, 0.4) is 0 Å². The molecule has 2 aliphatic rings. The summed E-state index contributed by atoms with van der Waals surface area (Å²) in [5.74, 6) is -7.07. The Balaban J connectivity index is 1.59. The molecule has 2 heterocycles. The van der Waals surface area contributed by atoms with E-state index in [1.165, 1.54) is 38.2 Å². The van der Waals surface area contributed by atoms with Crippen molar-refractivity contribution in [3.8, 4) is 5.75 Å². The summed E-state index contributed by atoms with van der Waals surface area (Å²) in [6, 6.07) is 9.89. The van der Waals surface area contributed by atoms with Crippen LogP contribution in [-0.4, -0.2) is 134 Å². The highest BCUT2D eigenvalue weighted by Crippen LogP contribution is 2.38. The standard InChI is InChI=1S/C43H55N8O13P/c1-24-42(59)50(3)23-36(54)49-37(25(2)64-65(61,62)63)43(60)51-19-7-6-10-34(51)41(58)48-33(22-27-11-14-28-8-4-5-9-29(28)20-27)40(57)47-32(21-26-12-15-30(52)16-13-26)39(56)46-31(38(55)45-24)17-18-35(44)53/h4-5,8-9,11-16,20,24-25,31-34,37,52H,6-7,10,17-19,21-23H2,1-3H3,(H2,44,53)(H,45,55)(H,46,56)(H,47,57)(H,48,58)(H,49,54)(H2,61,62,63)/t24-,25-,31+,32+,33+,34+,37-/m1/s1. The predicted octanol–water partition coefficient (Wildman–Crippen LogP) is -0.609. The lowest BCUT2D eigenvalue weighted by Crippen LogP contribution is -2.62. The SMILES string of the molecule is C[C@H]1NC(=O)[C@H](CCC(N)=O)NC(=O)[C@H](Cc2ccc(O)cc2)NC(=O)[C@H](Cc2ccc3ccccc3c2)NC(=O)[C@@H]2CCCCN2C(=O)[C@@H]([C@@H](C)OP(=O)(O)O)NC(=O)CN(C)C1=O. The van der Waals surface area contributed by atoms with E-state index in [9.17, 15) is 57.8 Å².